The summed E-state index contributed by atoms with van der Waals surface area (Å²) in [7, 11) is 0. The van der Waals surface area contributed by atoms with Crippen molar-refractivity contribution in [3.63, 3.8) is 0 Å². The van der Waals surface area contributed by atoms with E-state index in [-0.39, 0.29) is 17.4 Å². The third kappa shape index (κ3) is 5.96. The van der Waals surface area contributed by atoms with Crippen LogP contribution in [0.1, 0.15) is 22.8 Å². The van der Waals surface area contributed by atoms with Gasteiger partial charge in [-0.05, 0) is 36.8 Å². The molecule has 1 aliphatic rings. The Morgan fingerprint density at radius 1 is 0.909 bits per heavy atom. The highest BCUT2D eigenvalue weighted by molar-refractivity contribution is 5.94. The number of pyridine rings is 1. The molecule has 7 heteroatoms. The molecule has 0 bridgehead atoms. The van der Waals surface area contributed by atoms with Crippen LogP contribution in [0.15, 0.2) is 79.0 Å². The van der Waals surface area contributed by atoms with E-state index in [1.807, 2.05) is 36.4 Å². The number of amides is 1. The predicted molar refractivity (Wildman–Crippen MR) is 124 cm³/mol. The molecular weight excluding hydrogens is 418 g/mol. The molecular formula is C26H27N3O4. The monoisotopic (exact) mass is 445 g/mol. The van der Waals surface area contributed by atoms with Gasteiger partial charge in [-0.2, -0.15) is 0 Å². The number of carbonyl (C=O) groups excluding carboxylic acids is 2. The number of hydrogen-bond acceptors (Lipinski definition) is 6. The van der Waals surface area contributed by atoms with E-state index in [1.165, 1.54) is 5.56 Å². The van der Waals surface area contributed by atoms with Gasteiger partial charge in [0.15, 0.2) is 6.10 Å². The quantitative estimate of drug-likeness (QED) is 0.516. The van der Waals surface area contributed by atoms with Gasteiger partial charge in [-0.15, -0.1) is 0 Å². The second-order valence-corrected chi connectivity index (χ2v) is 7.91. The number of nitrogens with zero attached hydrogens (tertiary/aromatic N) is 3. The topological polar surface area (TPSA) is 72.0 Å². The average molecular weight is 446 g/mol. The maximum absolute atomic E-state index is 12.9. The third-order valence-electron chi connectivity index (χ3n) is 5.51. The number of esters is 1. The molecule has 2 heterocycles. The maximum atomic E-state index is 12.9. The van der Waals surface area contributed by atoms with Crippen molar-refractivity contribution >= 4 is 11.9 Å². The van der Waals surface area contributed by atoms with Gasteiger partial charge in [-0.1, -0.05) is 48.5 Å². The molecule has 2 aromatic carbocycles. The van der Waals surface area contributed by atoms with Gasteiger partial charge in [0.2, 0.25) is 5.88 Å². The molecule has 3 aromatic rings. The molecule has 1 amide bonds. The fourth-order valence-corrected chi connectivity index (χ4v) is 3.73. The third-order valence-corrected chi connectivity index (χ3v) is 5.51. The Morgan fingerprint density at radius 2 is 1.58 bits per heavy atom. The van der Waals surface area contributed by atoms with E-state index in [2.05, 4.69) is 22.0 Å². The lowest BCUT2D eigenvalue weighted by molar-refractivity contribution is -0.141. The van der Waals surface area contributed by atoms with E-state index in [1.54, 1.807) is 42.3 Å². The lowest BCUT2D eigenvalue weighted by Gasteiger charge is -2.35. The van der Waals surface area contributed by atoms with E-state index in [9.17, 15) is 9.59 Å². The minimum atomic E-state index is -0.900. The summed E-state index contributed by atoms with van der Waals surface area (Å²) >= 11 is 0. The van der Waals surface area contributed by atoms with Gasteiger partial charge in [0.05, 0.1) is 0 Å². The van der Waals surface area contributed by atoms with Gasteiger partial charge in [-0.25, -0.2) is 9.78 Å². The van der Waals surface area contributed by atoms with Crippen molar-refractivity contribution < 1.29 is 19.1 Å². The number of benzene rings is 2. The Morgan fingerprint density at radius 3 is 2.27 bits per heavy atom. The van der Waals surface area contributed by atoms with E-state index in [4.69, 9.17) is 9.47 Å². The van der Waals surface area contributed by atoms with Crippen molar-refractivity contribution in [3.8, 4) is 11.6 Å². The van der Waals surface area contributed by atoms with Crippen molar-refractivity contribution in [2.24, 2.45) is 0 Å². The molecule has 0 aliphatic carbocycles. The van der Waals surface area contributed by atoms with E-state index >= 15 is 0 Å². The predicted octanol–water partition coefficient (Wildman–Crippen LogP) is 3.76. The number of rotatable bonds is 7. The summed E-state index contributed by atoms with van der Waals surface area (Å²) in [6, 6.07) is 22.6. The Balaban J connectivity index is 1.32. The minimum absolute atomic E-state index is 0.142. The van der Waals surface area contributed by atoms with Crippen molar-refractivity contribution in [2.45, 2.75) is 19.6 Å². The molecule has 170 valence electrons. The Kier molecular flexibility index (Phi) is 7.32. The molecule has 33 heavy (non-hydrogen) atoms. The average Bonchev–Trinajstić information content (AvgIpc) is 2.85. The number of para-hydroxylation sites is 1. The SMILES string of the molecule is C[C@H](OC(=O)c1cccnc1Oc1ccccc1)C(=O)N1CCN(Cc2ccccc2)CC1. The van der Waals surface area contributed by atoms with Gasteiger partial charge in [0, 0.05) is 38.9 Å². The highest BCUT2D eigenvalue weighted by Gasteiger charge is 2.28. The van der Waals surface area contributed by atoms with Crippen LogP contribution >= 0.6 is 0 Å². The molecule has 0 N–H and O–H groups in total. The van der Waals surface area contributed by atoms with Crippen LogP contribution in [0.3, 0.4) is 0 Å². The van der Waals surface area contributed by atoms with Gasteiger partial charge < -0.3 is 14.4 Å². The Labute approximate surface area is 193 Å². The second-order valence-electron chi connectivity index (χ2n) is 7.91. The number of hydrogen-bond donors (Lipinski definition) is 0. The summed E-state index contributed by atoms with van der Waals surface area (Å²) in [6.07, 6.45) is 0.640. The van der Waals surface area contributed by atoms with Crippen LogP contribution in [0.4, 0.5) is 0 Å². The van der Waals surface area contributed by atoms with Gasteiger partial charge in [0.25, 0.3) is 5.91 Å². The molecule has 1 atom stereocenters. The minimum Gasteiger partial charge on any atom is -0.449 e. The summed E-state index contributed by atoms with van der Waals surface area (Å²) in [4.78, 5) is 33.9. The first-order chi connectivity index (χ1) is 16.1. The van der Waals surface area contributed by atoms with Crippen molar-refractivity contribution in [1.29, 1.82) is 0 Å². The summed E-state index contributed by atoms with van der Waals surface area (Å²) in [6.45, 7) is 5.22. The van der Waals surface area contributed by atoms with Crippen LogP contribution in [0.25, 0.3) is 0 Å². The van der Waals surface area contributed by atoms with Gasteiger partial charge in [-0.3, -0.25) is 9.69 Å². The van der Waals surface area contributed by atoms with Crippen molar-refractivity contribution in [1.82, 2.24) is 14.8 Å². The fraction of sp³-hybridized carbons (Fsp3) is 0.269. The van der Waals surface area contributed by atoms with E-state index in [0.717, 1.165) is 19.6 Å². The van der Waals surface area contributed by atoms with Crippen molar-refractivity contribution in [2.75, 3.05) is 26.2 Å². The molecule has 0 radical (unpaired) electrons. The van der Waals surface area contributed by atoms with Crippen LogP contribution in [0.2, 0.25) is 0 Å². The summed E-state index contributed by atoms with van der Waals surface area (Å²) in [5, 5.41) is 0. The molecule has 1 saturated heterocycles. The summed E-state index contributed by atoms with van der Waals surface area (Å²) in [5.74, 6) is -0.139. The first-order valence-corrected chi connectivity index (χ1v) is 11.0. The Hall–Kier alpha value is -3.71. The second kappa shape index (κ2) is 10.7. The standard InChI is InChI=1S/C26H27N3O4/c1-20(25(30)29-17-15-28(16-18-29)19-21-9-4-2-5-10-21)32-26(31)23-13-8-14-27-24(23)33-22-11-6-3-7-12-22/h2-14,20H,15-19H2,1H3/t20-/m0/s1. The van der Waals surface area contributed by atoms with Gasteiger partial charge >= 0.3 is 5.97 Å². The number of carbonyl (C=O) groups is 2. The zero-order chi connectivity index (χ0) is 23.0. The van der Waals surface area contributed by atoms with Crippen LogP contribution in [-0.2, 0) is 16.1 Å². The number of ether oxygens (including phenoxy) is 2. The molecule has 1 aromatic heterocycles. The molecule has 0 unspecified atom stereocenters. The first kappa shape index (κ1) is 22.5. The van der Waals surface area contributed by atoms with Crippen LogP contribution < -0.4 is 4.74 Å². The van der Waals surface area contributed by atoms with Crippen LogP contribution in [0, 0.1) is 0 Å². The smallest absolute Gasteiger partial charge is 0.344 e. The number of piperazine rings is 1. The van der Waals surface area contributed by atoms with E-state index < -0.39 is 12.1 Å². The molecule has 4 rings (SSSR count). The summed E-state index contributed by atoms with van der Waals surface area (Å²) < 4.78 is 11.2. The maximum Gasteiger partial charge on any atom is 0.344 e. The fourth-order valence-electron chi connectivity index (χ4n) is 3.73. The molecule has 0 saturated carbocycles. The van der Waals surface area contributed by atoms with Crippen molar-refractivity contribution in [3.05, 3.63) is 90.1 Å². The highest BCUT2D eigenvalue weighted by atomic mass is 16.6. The lowest BCUT2D eigenvalue weighted by atomic mass is 10.2. The lowest BCUT2D eigenvalue weighted by Crippen LogP contribution is -2.51. The molecule has 0 spiro atoms. The molecule has 7 nitrogen and oxygen atoms in total. The zero-order valence-electron chi connectivity index (χ0n) is 18.6. The zero-order valence-corrected chi connectivity index (χ0v) is 18.6. The van der Waals surface area contributed by atoms with Crippen LogP contribution in [0.5, 0.6) is 11.6 Å². The normalized spacial score (nSPS) is 15.0. The number of aromatic nitrogens is 1. The summed E-state index contributed by atoms with van der Waals surface area (Å²) in [5.41, 5.74) is 1.43. The molecule has 1 fully saturated rings. The van der Waals surface area contributed by atoms with Gasteiger partial charge in [0.1, 0.15) is 11.3 Å². The highest BCUT2D eigenvalue weighted by Crippen LogP contribution is 2.23. The van der Waals surface area contributed by atoms with E-state index in [0.29, 0.717) is 18.8 Å². The largest absolute Gasteiger partial charge is 0.449 e. The first-order valence-electron chi connectivity index (χ1n) is 11.0. The van der Waals surface area contributed by atoms with Crippen LogP contribution in [-0.4, -0.2) is 58.9 Å². The molecule has 1 aliphatic heterocycles. The Bertz CT molecular complexity index is 1070.